The number of fused-ring (bicyclic) bond motifs is 9. The van der Waals surface area contributed by atoms with E-state index in [1.54, 1.807) is 0 Å². The van der Waals surface area contributed by atoms with Crippen molar-refractivity contribution in [3.05, 3.63) is 241 Å². The van der Waals surface area contributed by atoms with Gasteiger partial charge in [-0.1, -0.05) is 188 Å². The maximum atomic E-state index is 2.53. The third-order valence-corrected chi connectivity index (χ3v) is 12.7. The van der Waals surface area contributed by atoms with Gasteiger partial charge in [0.05, 0.1) is 5.41 Å². The molecule has 0 N–H and O–H groups in total. The van der Waals surface area contributed by atoms with Crippen LogP contribution in [0.1, 0.15) is 22.3 Å². The Kier molecular flexibility index (Phi) is 6.94. The van der Waals surface area contributed by atoms with Crippen LogP contribution >= 0.6 is 0 Å². The summed E-state index contributed by atoms with van der Waals surface area (Å²) in [6.07, 6.45) is 0. The minimum absolute atomic E-state index is 0.555. The molecule has 0 atom stereocenters. The molecule has 0 bridgehead atoms. The lowest BCUT2D eigenvalue weighted by Gasteiger charge is -2.34. The lowest BCUT2D eigenvalue weighted by Crippen LogP contribution is -2.28. The van der Waals surface area contributed by atoms with Gasteiger partial charge in [-0.25, -0.2) is 0 Å². The summed E-state index contributed by atoms with van der Waals surface area (Å²) in [4.78, 5) is 0. The molecule has 0 saturated carbocycles. The molecule has 57 heavy (non-hydrogen) atoms. The summed E-state index contributed by atoms with van der Waals surface area (Å²) in [6.45, 7) is 0. The molecule has 0 amide bonds. The van der Waals surface area contributed by atoms with E-state index in [0.717, 1.165) is 0 Å². The molecule has 0 heterocycles. The van der Waals surface area contributed by atoms with Crippen LogP contribution in [0.25, 0.3) is 87.2 Å². The summed E-state index contributed by atoms with van der Waals surface area (Å²) in [6, 6.07) is 81.7. The van der Waals surface area contributed by atoms with E-state index in [9.17, 15) is 0 Å². The van der Waals surface area contributed by atoms with Crippen LogP contribution in [0.5, 0.6) is 0 Å². The van der Waals surface area contributed by atoms with Crippen molar-refractivity contribution in [3.63, 3.8) is 0 Å². The molecular weight excluding hydrogens is 685 g/mol. The van der Waals surface area contributed by atoms with Gasteiger partial charge in [0, 0.05) is 0 Å². The second kappa shape index (κ2) is 12.4. The Bertz CT molecular complexity index is 3350. The second-order valence-electron chi connectivity index (χ2n) is 15.6. The molecule has 1 aliphatic rings. The van der Waals surface area contributed by atoms with E-state index in [-0.39, 0.29) is 0 Å². The molecule has 264 valence electrons. The first-order chi connectivity index (χ1) is 28.3. The molecule has 0 radical (unpaired) electrons. The number of hydrogen-bond acceptors (Lipinski definition) is 0. The van der Waals surface area contributed by atoms with Crippen LogP contribution in [0.3, 0.4) is 0 Å². The molecule has 0 saturated heterocycles. The summed E-state index contributed by atoms with van der Waals surface area (Å²) < 4.78 is 0. The van der Waals surface area contributed by atoms with Crippen molar-refractivity contribution < 1.29 is 0 Å². The number of rotatable bonds is 4. The van der Waals surface area contributed by atoms with Gasteiger partial charge in [-0.3, -0.25) is 0 Å². The van der Waals surface area contributed by atoms with Crippen molar-refractivity contribution in [2.45, 2.75) is 5.41 Å². The highest BCUT2D eigenvalue weighted by Gasteiger charge is 2.46. The molecule has 0 unspecified atom stereocenters. The summed E-state index contributed by atoms with van der Waals surface area (Å²) in [5.74, 6) is 0. The third-order valence-electron chi connectivity index (χ3n) is 12.7. The Morgan fingerprint density at radius 2 is 0.842 bits per heavy atom. The predicted octanol–water partition coefficient (Wildman–Crippen LogP) is 15.1. The molecule has 0 aliphatic heterocycles. The van der Waals surface area contributed by atoms with Crippen molar-refractivity contribution in [2.24, 2.45) is 0 Å². The Morgan fingerprint density at radius 1 is 0.246 bits per heavy atom. The highest BCUT2D eigenvalue weighted by molar-refractivity contribution is 6.20. The average molecular weight is 721 g/mol. The molecular formula is C57H36. The molecule has 11 aromatic carbocycles. The van der Waals surface area contributed by atoms with Crippen molar-refractivity contribution in [3.8, 4) is 33.4 Å². The number of hydrogen-bond donors (Lipinski definition) is 0. The van der Waals surface area contributed by atoms with Crippen LogP contribution in [-0.4, -0.2) is 0 Å². The van der Waals surface area contributed by atoms with Crippen LogP contribution in [0.2, 0.25) is 0 Å². The van der Waals surface area contributed by atoms with E-state index >= 15 is 0 Å². The van der Waals surface area contributed by atoms with Crippen LogP contribution in [0.15, 0.2) is 218 Å². The quantitative estimate of drug-likeness (QED) is 0.125. The molecule has 0 heteroatoms. The first kappa shape index (κ1) is 32.0. The Morgan fingerprint density at radius 3 is 1.63 bits per heavy atom. The van der Waals surface area contributed by atoms with E-state index in [1.165, 1.54) is 109 Å². The average Bonchev–Trinajstić information content (AvgIpc) is 3.56. The number of benzene rings is 11. The van der Waals surface area contributed by atoms with Gasteiger partial charge in [0.25, 0.3) is 0 Å². The third kappa shape index (κ3) is 4.68. The first-order valence-corrected chi connectivity index (χ1v) is 19.9. The monoisotopic (exact) mass is 720 g/mol. The first-order valence-electron chi connectivity index (χ1n) is 19.9. The fourth-order valence-electron chi connectivity index (χ4n) is 10.2. The summed E-state index contributed by atoms with van der Waals surface area (Å²) in [7, 11) is 0. The largest absolute Gasteiger partial charge is 0.0714 e. The van der Waals surface area contributed by atoms with Gasteiger partial charge in [-0.05, 0) is 140 Å². The zero-order valence-electron chi connectivity index (χ0n) is 31.3. The molecule has 1 aliphatic carbocycles. The van der Waals surface area contributed by atoms with E-state index in [4.69, 9.17) is 0 Å². The van der Waals surface area contributed by atoms with Gasteiger partial charge < -0.3 is 0 Å². The maximum Gasteiger partial charge on any atom is 0.0714 e. The highest BCUT2D eigenvalue weighted by atomic mass is 14.5. The Labute approximate surface area is 331 Å². The van der Waals surface area contributed by atoms with Crippen LogP contribution in [0.4, 0.5) is 0 Å². The predicted molar refractivity (Wildman–Crippen MR) is 242 cm³/mol. The summed E-state index contributed by atoms with van der Waals surface area (Å²) in [5, 5.41) is 12.7. The second-order valence-corrected chi connectivity index (χ2v) is 15.6. The summed E-state index contributed by atoms with van der Waals surface area (Å²) in [5.41, 5.74) is 12.2. The van der Waals surface area contributed by atoms with E-state index < -0.39 is 5.41 Å². The van der Waals surface area contributed by atoms with Crippen LogP contribution in [0, 0.1) is 0 Å². The van der Waals surface area contributed by atoms with Crippen molar-refractivity contribution in [2.75, 3.05) is 0 Å². The highest BCUT2D eigenvalue weighted by Crippen LogP contribution is 2.58. The molecule has 12 rings (SSSR count). The Hall–Kier alpha value is -7.28. The fourth-order valence-corrected chi connectivity index (χ4v) is 10.2. The zero-order chi connectivity index (χ0) is 37.5. The van der Waals surface area contributed by atoms with Crippen LogP contribution < -0.4 is 0 Å². The van der Waals surface area contributed by atoms with Crippen molar-refractivity contribution >= 4 is 53.9 Å². The topological polar surface area (TPSA) is 0 Å². The molecule has 0 nitrogen and oxygen atoms in total. The van der Waals surface area contributed by atoms with E-state index in [1.807, 2.05) is 0 Å². The van der Waals surface area contributed by atoms with Gasteiger partial charge in [-0.2, -0.15) is 0 Å². The van der Waals surface area contributed by atoms with E-state index in [0.29, 0.717) is 0 Å². The SMILES string of the molecule is c1ccc(C2(c3ccccc3)c3cc(-c4c5ccccc5cc5c4ccc4ccccc45)ccc3-c3cc4cccc(-c5ccc6ccccc6c5)c4cc32)cc1. The lowest BCUT2D eigenvalue weighted by molar-refractivity contribution is 0.770. The van der Waals surface area contributed by atoms with E-state index in [2.05, 4.69) is 218 Å². The molecule has 0 fully saturated rings. The van der Waals surface area contributed by atoms with Crippen LogP contribution in [-0.2, 0) is 5.41 Å². The van der Waals surface area contributed by atoms with Crippen molar-refractivity contribution in [1.82, 2.24) is 0 Å². The zero-order valence-corrected chi connectivity index (χ0v) is 31.3. The summed E-state index contributed by atoms with van der Waals surface area (Å²) >= 11 is 0. The Balaban J connectivity index is 1.19. The van der Waals surface area contributed by atoms with Gasteiger partial charge in [0.1, 0.15) is 0 Å². The molecule has 0 aromatic heterocycles. The fraction of sp³-hybridized carbons (Fsp3) is 0.0175. The molecule has 11 aromatic rings. The minimum atomic E-state index is -0.555. The minimum Gasteiger partial charge on any atom is -0.0622 e. The normalized spacial score (nSPS) is 13.1. The standard InChI is InChI=1S/C57H36/c1-3-19-44(20-4-1)57(45-21-5-2-6-22-45)54-35-43(56-48-24-12-10-17-40(48)33-52-46-23-11-9-15-38(46)28-31-50(52)56)29-30-49(54)53-34-41-18-13-25-47(51(41)36-55(53)57)42-27-26-37-14-7-8-16-39(37)32-42/h1-36H. The smallest absolute Gasteiger partial charge is 0.0622 e. The molecule has 0 spiro atoms. The van der Waals surface area contributed by atoms with Gasteiger partial charge in [-0.15, -0.1) is 0 Å². The maximum absolute atomic E-state index is 2.53. The van der Waals surface area contributed by atoms with Gasteiger partial charge >= 0.3 is 0 Å². The lowest BCUT2D eigenvalue weighted by atomic mass is 9.67. The van der Waals surface area contributed by atoms with Gasteiger partial charge in [0.15, 0.2) is 0 Å². The van der Waals surface area contributed by atoms with Crippen molar-refractivity contribution in [1.29, 1.82) is 0 Å². The van der Waals surface area contributed by atoms with Gasteiger partial charge in [0.2, 0.25) is 0 Å².